The molecule has 0 aromatic rings. The molecule has 0 spiro atoms. The number of esters is 1. The van der Waals surface area contributed by atoms with Gasteiger partial charge in [0.1, 0.15) is 16.8 Å². The molecule has 0 N–H and O–H groups in total. The average Bonchev–Trinajstić information content (AvgIpc) is 3.17. The van der Waals surface area contributed by atoms with E-state index in [9.17, 15) is 18.5 Å². The number of hydrogen-bond donors (Lipinski definition) is 0. The lowest BCUT2D eigenvalue weighted by Crippen LogP contribution is -2.63. The van der Waals surface area contributed by atoms with Crippen molar-refractivity contribution in [3.63, 3.8) is 0 Å². The summed E-state index contributed by atoms with van der Waals surface area (Å²) >= 11 is 0. The molecule has 4 atom stereocenters. The van der Waals surface area contributed by atoms with Crippen LogP contribution in [0, 0.1) is 28.6 Å². The third-order valence-electron chi connectivity index (χ3n) is 9.41. The number of hydrogen-bond acceptors (Lipinski definition) is 5. The number of fused-ring (bicyclic) bond motifs is 2. The van der Waals surface area contributed by atoms with Crippen LogP contribution in [0.3, 0.4) is 0 Å². The first-order valence-corrected chi connectivity index (χ1v) is 14.2. The largest absolute Gasteiger partial charge is 0.460 e. The van der Waals surface area contributed by atoms with E-state index in [-0.39, 0.29) is 18.0 Å². The lowest BCUT2D eigenvalue weighted by molar-refractivity contribution is -0.153. The van der Waals surface area contributed by atoms with Gasteiger partial charge in [-0.15, -0.1) is 0 Å². The standard InChI is InChI=1S/C25H40N2O4S/c1-18(17-26)23(28)31-22-16-19-14-15-25(22,24(19,2)3)32(29,30)27(20-10-6-4-7-11-20)21-12-8-5-9-13-21/h18-22H,4-16H2,1-3H3/t18?,19-,22-,25-/m1/s1. The van der Waals surface area contributed by atoms with E-state index in [1.54, 1.807) is 0 Å². The van der Waals surface area contributed by atoms with Gasteiger partial charge in [0, 0.05) is 12.1 Å². The van der Waals surface area contributed by atoms with Crippen LogP contribution in [-0.2, 0) is 19.6 Å². The summed E-state index contributed by atoms with van der Waals surface area (Å²) in [5.41, 5.74) is -0.464. The van der Waals surface area contributed by atoms with Gasteiger partial charge in [0.15, 0.2) is 0 Å². The molecule has 0 aromatic heterocycles. The summed E-state index contributed by atoms with van der Waals surface area (Å²) in [6.07, 6.45) is 11.8. The van der Waals surface area contributed by atoms with Gasteiger partial charge in [0.2, 0.25) is 10.0 Å². The highest BCUT2D eigenvalue weighted by atomic mass is 32.2. The molecular formula is C25H40N2O4S. The van der Waals surface area contributed by atoms with Crippen LogP contribution >= 0.6 is 0 Å². The number of carbonyl (C=O) groups is 1. The quantitative estimate of drug-likeness (QED) is 0.520. The molecule has 4 aliphatic carbocycles. The molecule has 0 aliphatic heterocycles. The summed E-state index contributed by atoms with van der Waals surface area (Å²) in [6.45, 7) is 5.67. The molecule has 4 aliphatic rings. The summed E-state index contributed by atoms with van der Waals surface area (Å²) in [6, 6.07) is 2.08. The van der Waals surface area contributed by atoms with E-state index in [4.69, 9.17) is 4.74 Å². The third kappa shape index (κ3) is 3.60. The van der Waals surface area contributed by atoms with Crippen LogP contribution in [0.4, 0.5) is 0 Å². The first-order chi connectivity index (χ1) is 15.2. The van der Waals surface area contributed by atoms with Crippen molar-refractivity contribution < 1.29 is 17.9 Å². The van der Waals surface area contributed by atoms with Crippen molar-refractivity contribution in [1.29, 1.82) is 5.26 Å². The zero-order valence-corrected chi connectivity index (χ0v) is 20.8. The van der Waals surface area contributed by atoms with E-state index in [1.807, 2.05) is 10.4 Å². The number of nitriles is 1. The minimum absolute atomic E-state index is 0.0658. The van der Waals surface area contributed by atoms with E-state index in [2.05, 4.69) is 13.8 Å². The van der Waals surface area contributed by atoms with Crippen LogP contribution in [0.25, 0.3) is 0 Å². The summed E-state index contributed by atoms with van der Waals surface area (Å²) in [4.78, 5) is 12.6. The lowest BCUT2D eigenvalue weighted by Gasteiger charge is -2.49. The maximum Gasteiger partial charge on any atom is 0.323 e. The van der Waals surface area contributed by atoms with Gasteiger partial charge in [0.25, 0.3) is 0 Å². The molecule has 0 radical (unpaired) electrons. The van der Waals surface area contributed by atoms with Crippen LogP contribution in [0.5, 0.6) is 0 Å². The Hall–Kier alpha value is -1.13. The molecule has 6 nitrogen and oxygen atoms in total. The van der Waals surface area contributed by atoms with Gasteiger partial charge in [-0.25, -0.2) is 8.42 Å². The number of carbonyl (C=O) groups excluding carboxylic acids is 1. The van der Waals surface area contributed by atoms with Crippen molar-refractivity contribution in [3.8, 4) is 6.07 Å². The third-order valence-corrected chi connectivity index (χ3v) is 12.5. The molecule has 1 unspecified atom stereocenters. The molecule has 4 saturated carbocycles. The topological polar surface area (TPSA) is 87.5 Å². The Bertz CT molecular complexity index is 834. The van der Waals surface area contributed by atoms with E-state index in [1.165, 1.54) is 19.8 Å². The molecule has 2 bridgehead atoms. The zero-order valence-electron chi connectivity index (χ0n) is 20.0. The molecule has 0 aromatic carbocycles. The van der Waals surface area contributed by atoms with Gasteiger partial charge in [-0.1, -0.05) is 52.4 Å². The number of ether oxygens (including phenoxy) is 1. The predicted octanol–water partition coefficient (Wildman–Crippen LogP) is 4.93. The molecular weight excluding hydrogens is 424 g/mol. The van der Waals surface area contributed by atoms with Crippen LogP contribution in [0.15, 0.2) is 0 Å². The number of sulfonamides is 1. The predicted molar refractivity (Wildman–Crippen MR) is 123 cm³/mol. The van der Waals surface area contributed by atoms with Crippen molar-refractivity contribution in [2.45, 2.75) is 127 Å². The minimum atomic E-state index is -3.73. The molecule has 180 valence electrons. The molecule has 4 fully saturated rings. The summed E-state index contributed by atoms with van der Waals surface area (Å²) in [5.74, 6) is -1.26. The monoisotopic (exact) mass is 464 g/mol. The first-order valence-electron chi connectivity index (χ1n) is 12.8. The van der Waals surface area contributed by atoms with Crippen LogP contribution in [0.1, 0.15) is 104 Å². The summed E-state index contributed by atoms with van der Waals surface area (Å²) < 4.78 is 36.4. The van der Waals surface area contributed by atoms with Crippen LogP contribution < -0.4 is 0 Å². The fourth-order valence-corrected chi connectivity index (χ4v) is 10.7. The second-order valence-electron chi connectivity index (χ2n) is 11.3. The van der Waals surface area contributed by atoms with E-state index in [0.29, 0.717) is 12.8 Å². The Morgan fingerprint density at radius 1 is 1.00 bits per heavy atom. The fourth-order valence-electron chi connectivity index (χ4n) is 7.47. The van der Waals surface area contributed by atoms with Crippen LogP contribution in [0.2, 0.25) is 0 Å². The fraction of sp³-hybridized carbons (Fsp3) is 0.920. The molecule has 0 amide bonds. The maximum atomic E-state index is 14.8. The zero-order chi connectivity index (χ0) is 23.1. The SMILES string of the molecule is CC(C#N)C(=O)O[C@@H]1C[C@H]2CC[C@]1(S(=O)(=O)N(C1CCCCC1)C1CCCCC1)C2(C)C. The van der Waals surface area contributed by atoms with Gasteiger partial charge >= 0.3 is 5.97 Å². The lowest BCUT2D eigenvalue weighted by atomic mass is 9.81. The van der Waals surface area contributed by atoms with E-state index < -0.39 is 38.2 Å². The second kappa shape index (κ2) is 8.91. The summed E-state index contributed by atoms with van der Waals surface area (Å²) in [7, 11) is -3.73. The van der Waals surface area contributed by atoms with E-state index >= 15 is 0 Å². The van der Waals surface area contributed by atoms with Gasteiger partial charge < -0.3 is 4.74 Å². The highest BCUT2D eigenvalue weighted by Crippen LogP contribution is 2.65. The van der Waals surface area contributed by atoms with Crippen molar-refractivity contribution >= 4 is 16.0 Å². The number of nitrogens with zero attached hydrogens (tertiary/aromatic N) is 2. The Morgan fingerprint density at radius 2 is 1.53 bits per heavy atom. The van der Waals surface area contributed by atoms with Crippen molar-refractivity contribution in [2.24, 2.45) is 17.3 Å². The number of rotatable bonds is 6. The smallest absolute Gasteiger partial charge is 0.323 e. The van der Waals surface area contributed by atoms with Gasteiger partial charge in [-0.3, -0.25) is 4.79 Å². The highest BCUT2D eigenvalue weighted by molar-refractivity contribution is 7.90. The van der Waals surface area contributed by atoms with Crippen molar-refractivity contribution in [1.82, 2.24) is 4.31 Å². The van der Waals surface area contributed by atoms with Crippen LogP contribution in [-0.4, -0.2) is 41.6 Å². The van der Waals surface area contributed by atoms with E-state index in [0.717, 1.165) is 57.8 Å². The molecule has 4 rings (SSSR count). The Balaban J connectivity index is 1.75. The highest BCUT2D eigenvalue weighted by Gasteiger charge is 2.73. The van der Waals surface area contributed by atoms with Gasteiger partial charge in [0.05, 0.1) is 6.07 Å². The first kappa shape index (κ1) is 24.0. The Kier molecular flexibility index (Phi) is 6.68. The summed E-state index contributed by atoms with van der Waals surface area (Å²) in [5, 5.41) is 9.19. The maximum absolute atomic E-state index is 14.8. The van der Waals surface area contributed by atoms with Gasteiger partial charge in [-0.2, -0.15) is 9.57 Å². The molecule has 0 saturated heterocycles. The van der Waals surface area contributed by atoms with Crippen molar-refractivity contribution in [2.75, 3.05) is 0 Å². The van der Waals surface area contributed by atoms with Gasteiger partial charge in [-0.05, 0) is 63.2 Å². The Morgan fingerprint density at radius 3 is 2.00 bits per heavy atom. The van der Waals surface area contributed by atoms with Crippen molar-refractivity contribution in [3.05, 3.63) is 0 Å². The minimum Gasteiger partial charge on any atom is -0.460 e. The molecule has 32 heavy (non-hydrogen) atoms. The second-order valence-corrected chi connectivity index (χ2v) is 13.4. The average molecular weight is 465 g/mol. The normalized spacial score (nSPS) is 34.3. The molecule has 0 heterocycles. The Labute approximate surface area is 194 Å². The molecule has 7 heteroatoms.